The summed E-state index contributed by atoms with van der Waals surface area (Å²) in [6, 6.07) is 17.5. The molecule has 4 rings (SSSR count). The van der Waals surface area contributed by atoms with E-state index in [1.807, 2.05) is 73.3 Å². The second-order valence-electron chi connectivity index (χ2n) is 7.31. The van der Waals surface area contributed by atoms with Crippen LogP contribution in [0.15, 0.2) is 59.1 Å². The summed E-state index contributed by atoms with van der Waals surface area (Å²) in [6.07, 6.45) is 0.546. The average molecular weight is 377 g/mol. The van der Waals surface area contributed by atoms with Crippen molar-refractivity contribution in [3.63, 3.8) is 0 Å². The van der Waals surface area contributed by atoms with E-state index in [9.17, 15) is 4.79 Å². The van der Waals surface area contributed by atoms with Crippen LogP contribution in [0.3, 0.4) is 0 Å². The van der Waals surface area contributed by atoms with Crippen molar-refractivity contribution < 1.29 is 14.1 Å². The van der Waals surface area contributed by atoms with E-state index < -0.39 is 0 Å². The molecular formula is C22H23N3O3. The lowest BCUT2D eigenvalue weighted by molar-refractivity contribution is -0.128. The van der Waals surface area contributed by atoms with E-state index in [0.717, 1.165) is 16.9 Å². The first-order valence-electron chi connectivity index (χ1n) is 9.51. The molecule has 1 unspecified atom stereocenters. The monoisotopic (exact) mass is 377 g/mol. The minimum Gasteiger partial charge on any atom is -0.491 e. The number of ether oxygens (including phenoxy) is 1. The summed E-state index contributed by atoms with van der Waals surface area (Å²) < 4.78 is 11.1. The lowest BCUT2D eigenvalue weighted by atomic mass is 10.1. The van der Waals surface area contributed by atoms with E-state index in [-0.39, 0.29) is 17.9 Å². The van der Waals surface area contributed by atoms with Gasteiger partial charge in [0, 0.05) is 31.0 Å². The van der Waals surface area contributed by atoms with Crippen LogP contribution in [-0.4, -0.2) is 33.6 Å². The SMILES string of the molecule is CC(C)Oc1ccc(CN2CC(c3noc(-c4ccccc4)n3)CC2=O)cc1. The van der Waals surface area contributed by atoms with Crippen LogP contribution in [-0.2, 0) is 11.3 Å². The molecule has 1 saturated heterocycles. The smallest absolute Gasteiger partial charge is 0.257 e. The minimum absolute atomic E-state index is 0.0442. The van der Waals surface area contributed by atoms with Gasteiger partial charge in [-0.05, 0) is 43.7 Å². The maximum absolute atomic E-state index is 12.5. The number of nitrogens with zero attached hydrogens (tertiary/aromatic N) is 3. The Kier molecular flexibility index (Phi) is 5.10. The molecule has 2 heterocycles. The maximum Gasteiger partial charge on any atom is 0.257 e. The Morgan fingerprint density at radius 2 is 1.89 bits per heavy atom. The van der Waals surface area contributed by atoms with Gasteiger partial charge in [0.05, 0.1) is 6.10 Å². The first kappa shape index (κ1) is 18.2. The molecule has 1 atom stereocenters. The zero-order valence-corrected chi connectivity index (χ0v) is 16.0. The Morgan fingerprint density at radius 3 is 2.61 bits per heavy atom. The summed E-state index contributed by atoms with van der Waals surface area (Å²) in [7, 11) is 0. The molecule has 0 radical (unpaired) electrons. The Labute approximate surface area is 164 Å². The molecule has 0 saturated carbocycles. The maximum atomic E-state index is 12.5. The van der Waals surface area contributed by atoms with Crippen LogP contribution in [0.5, 0.6) is 5.75 Å². The molecule has 2 aromatic carbocycles. The van der Waals surface area contributed by atoms with E-state index in [1.54, 1.807) is 0 Å². The van der Waals surface area contributed by atoms with Crippen molar-refractivity contribution in [3.05, 3.63) is 66.0 Å². The summed E-state index contributed by atoms with van der Waals surface area (Å²) in [5.74, 6) is 1.98. The molecule has 28 heavy (non-hydrogen) atoms. The molecule has 1 aliphatic rings. The Bertz CT molecular complexity index is 935. The molecule has 144 valence electrons. The topological polar surface area (TPSA) is 68.5 Å². The third-order valence-electron chi connectivity index (χ3n) is 4.71. The fourth-order valence-electron chi connectivity index (χ4n) is 3.36. The highest BCUT2D eigenvalue weighted by atomic mass is 16.5. The average Bonchev–Trinajstić information content (AvgIpc) is 3.31. The Hall–Kier alpha value is -3.15. The van der Waals surface area contributed by atoms with Gasteiger partial charge in [0.15, 0.2) is 5.82 Å². The summed E-state index contributed by atoms with van der Waals surface area (Å²) in [5.41, 5.74) is 1.95. The van der Waals surface area contributed by atoms with Gasteiger partial charge in [-0.1, -0.05) is 35.5 Å². The van der Waals surface area contributed by atoms with Crippen molar-refractivity contribution in [2.75, 3.05) is 6.54 Å². The fourth-order valence-corrected chi connectivity index (χ4v) is 3.36. The third kappa shape index (κ3) is 4.06. The summed E-state index contributed by atoms with van der Waals surface area (Å²) >= 11 is 0. The second kappa shape index (κ2) is 7.84. The van der Waals surface area contributed by atoms with Crippen LogP contribution in [0, 0.1) is 0 Å². The van der Waals surface area contributed by atoms with E-state index in [0.29, 0.717) is 31.2 Å². The van der Waals surface area contributed by atoms with Crippen molar-refractivity contribution in [3.8, 4) is 17.2 Å². The molecule has 1 fully saturated rings. The summed E-state index contributed by atoms with van der Waals surface area (Å²) in [4.78, 5) is 18.8. The van der Waals surface area contributed by atoms with Gasteiger partial charge in [-0.3, -0.25) is 4.79 Å². The number of aromatic nitrogens is 2. The lowest BCUT2D eigenvalue weighted by Crippen LogP contribution is -2.24. The number of hydrogen-bond acceptors (Lipinski definition) is 5. The van der Waals surface area contributed by atoms with E-state index in [4.69, 9.17) is 9.26 Å². The normalized spacial score (nSPS) is 16.8. The number of hydrogen-bond donors (Lipinski definition) is 0. The third-order valence-corrected chi connectivity index (χ3v) is 4.71. The number of likely N-dealkylation sites (tertiary alicyclic amines) is 1. The number of carbonyl (C=O) groups is 1. The fraction of sp³-hybridized carbons (Fsp3) is 0.318. The van der Waals surface area contributed by atoms with Gasteiger partial charge in [-0.15, -0.1) is 0 Å². The molecule has 0 N–H and O–H groups in total. The van der Waals surface area contributed by atoms with Crippen LogP contribution >= 0.6 is 0 Å². The molecule has 1 amide bonds. The quantitative estimate of drug-likeness (QED) is 0.648. The van der Waals surface area contributed by atoms with Crippen LogP contribution < -0.4 is 4.74 Å². The molecule has 6 nitrogen and oxygen atoms in total. The number of rotatable bonds is 6. The van der Waals surface area contributed by atoms with E-state index >= 15 is 0 Å². The number of amides is 1. The van der Waals surface area contributed by atoms with Crippen LogP contribution in [0.25, 0.3) is 11.5 Å². The molecular weight excluding hydrogens is 354 g/mol. The zero-order valence-electron chi connectivity index (χ0n) is 16.0. The zero-order chi connectivity index (χ0) is 19.5. The molecule has 0 bridgehead atoms. The largest absolute Gasteiger partial charge is 0.491 e. The van der Waals surface area contributed by atoms with Gasteiger partial charge in [0.25, 0.3) is 5.89 Å². The molecule has 3 aromatic rings. The van der Waals surface area contributed by atoms with Crippen molar-refractivity contribution in [1.29, 1.82) is 0 Å². The molecule has 1 aromatic heterocycles. The van der Waals surface area contributed by atoms with Gasteiger partial charge in [0.2, 0.25) is 5.91 Å². The van der Waals surface area contributed by atoms with Gasteiger partial charge in [-0.25, -0.2) is 0 Å². The second-order valence-corrected chi connectivity index (χ2v) is 7.31. The predicted molar refractivity (Wildman–Crippen MR) is 105 cm³/mol. The van der Waals surface area contributed by atoms with E-state index in [2.05, 4.69) is 10.1 Å². The van der Waals surface area contributed by atoms with Crippen molar-refractivity contribution in [2.24, 2.45) is 0 Å². The van der Waals surface area contributed by atoms with Gasteiger partial charge in [-0.2, -0.15) is 4.98 Å². The first-order chi connectivity index (χ1) is 13.6. The van der Waals surface area contributed by atoms with Crippen LogP contribution in [0.2, 0.25) is 0 Å². The molecule has 0 spiro atoms. The first-order valence-corrected chi connectivity index (χ1v) is 9.51. The highest BCUT2D eigenvalue weighted by Crippen LogP contribution is 2.29. The summed E-state index contributed by atoms with van der Waals surface area (Å²) in [5, 5.41) is 4.11. The number of benzene rings is 2. The Morgan fingerprint density at radius 1 is 1.14 bits per heavy atom. The van der Waals surface area contributed by atoms with Crippen molar-refractivity contribution in [1.82, 2.24) is 15.0 Å². The predicted octanol–water partition coefficient (Wildman–Crippen LogP) is 4.04. The summed E-state index contributed by atoms with van der Waals surface area (Å²) in [6.45, 7) is 5.16. The number of carbonyl (C=O) groups excluding carboxylic acids is 1. The van der Waals surface area contributed by atoms with Gasteiger partial charge in [0.1, 0.15) is 5.75 Å². The van der Waals surface area contributed by atoms with Crippen molar-refractivity contribution >= 4 is 5.91 Å². The van der Waals surface area contributed by atoms with E-state index in [1.165, 1.54) is 0 Å². The van der Waals surface area contributed by atoms with Crippen LogP contribution in [0.4, 0.5) is 0 Å². The lowest BCUT2D eigenvalue weighted by Gasteiger charge is -2.17. The van der Waals surface area contributed by atoms with Crippen molar-refractivity contribution in [2.45, 2.75) is 38.8 Å². The minimum atomic E-state index is -0.0442. The highest BCUT2D eigenvalue weighted by molar-refractivity contribution is 5.79. The standard InChI is InChI=1S/C22H23N3O3/c1-15(2)27-19-10-8-16(9-11-19)13-25-14-18(12-20(25)26)21-23-22(28-24-21)17-6-4-3-5-7-17/h3-11,15,18H,12-14H2,1-2H3. The van der Waals surface area contributed by atoms with Gasteiger partial charge >= 0.3 is 0 Å². The molecule has 1 aliphatic heterocycles. The Balaban J connectivity index is 1.41. The van der Waals surface area contributed by atoms with Crippen LogP contribution in [0.1, 0.15) is 37.6 Å². The van der Waals surface area contributed by atoms with Gasteiger partial charge < -0.3 is 14.2 Å². The molecule has 0 aliphatic carbocycles. The highest BCUT2D eigenvalue weighted by Gasteiger charge is 2.33. The molecule has 6 heteroatoms.